The fourth-order valence-corrected chi connectivity index (χ4v) is 4.80. The van der Waals surface area contributed by atoms with Gasteiger partial charge in [0.25, 0.3) is 5.91 Å². The predicted octanol–water partition coefficient (Wildman–Crippen LogP) is 2.42. The molecular weight excluding hydrogens is 378 g/mol. The number of nitrogens with two attached hydrogens (primary N) is 1. The first kappa shape index (κ1) is 20.2. The van der Waals surface area contributed by atoms with Crippen molar-refractivity contribution in [1.82, 2.24) is 4.90 Å². The summed E-state index contributed by atoms with van der Waals surface area (Å²) in [6, 6.07) is 5.59. The molecule has 150 valence electrons. The average Bonchev–Trinajstić information content (AvgIpc) is 3.21. The van der Waals surface area contributed by atoms with Gasteiger partial charge in [0.05, 0.1) is 26.3 Å². The number of primary amides is 1. The van der Waals surface area contributed by atoms with Gasteiger partial charge in [-0.2, -0.15) is 0 Å². The summed E-state index contributed by atoms with van der Waals surface area (Å²) in [7, 11) is 5.06. The summed E-state index contributed by atoms with van der Waals surface area (Å²) in [6.45, 7) is 0.708. The molecule has 0 fully saturated rings. The molecule has 0 unspecified atom stereocenters. The fraction of sp³-hybridized carbons (Fsp3) is 0.400. The van der Waals surface area contributed by atoms with Crippen LogP contribution in [0.2, 0.25) is 0 Å². The Balaban J connectivity index is 1.65. The van der Waals surface area contributed by atoms with Crippen molar-refractivity contribution < 1.29 is 19.1 Å². The van der Waals surface area contributed by atoms with Crippen molar-refractivity contribution in [3.8, 4) is 11.5 Å². The van der Waals surface area contributed by atoms with Gasteiger partial charge in [0.1, 0.15) is 16.5 Å². The number of rotatable bonds is 8. The lowest BCUT2D eigenvalue weighted by atomic mass is 10.1. The maximum atomic E-state index is 12.5. The number of likely N-dealkylation sites (N-methyl/N-ethyl adjacent to an activating group) is 1. The SMILES string of the molecule is COc1ccc(CN(C)CC(=O)Nc2sc3c(c2C(N)=O)CCC3)c(OC)c1. The quantitative estimate of drug-likeness (QED) is 0.706. The molecular formula is C20H25N3O4S. The van der Waals surface area contributed by atoms with Gasteiger partial charge in [-0.3, -0.25) is 14.5 Å². The molecule has 1 aromatic heterocycles. The second-order valence-electron chi connectivity index (χ2n) is 6.82. The highest BCUT2D eigenvalue weighted by atomic mass is 32.1. The Hall–Kier alpha value is -2.58. The molecule has 1 aliphatic rings. The smallest absolute Gasteiger partial charge is 0.251 e. The number of hydrogen-bond acceptors (Lipinski definition) is 6. The van der Waals surface area contributed by atoms with Gasteiger partial charge in [-0.1, -0.05) is 6.07 Å². The number of nitrogens with one attached hydrogen (secondary N) is 1. The van der Waals surface area contributed by atoms with Crippen LogP contribution in [0.4, 0.5) is 5.00 Å². The number of amides is 2. The molecule has 1 heterocycles. The number of thiophene rings is 1. The van der Waals surface area contributed by atoms with Crippen LogP contribution in [0.25, 0.3) is 0 Å². The van der Waals surface area contributed by atoms with Crippen molar-refractivity contribution in [2.45, 2.75) is 25.8 Å². The Labute approximate surface area is 168 Å². The van der Waals surface area contributed by atoms with Gasteiger partial charge in [-0.05, 0) is 37.9 Å². The van der Waals surface area contributed by atoms with Gasteiger partial charge in [-0.15, -0.1) is 11.3 Å². The minimum atomic E-state index is -0.481. The zero-order chi connectivity index (χ0) is 20.3. The van der Waals surface area contributed by atoms with Crippen LogP contribution in [0, 0.1) is 0 Å². The summed E-state index contributed by atoms with van der Waals surface area (Å²) < 4.78 is 10.6. The van der Waals surface area contributed by atoms with E-state index in [2.05, 4.69) is 5.32 Å². The molecule has 2 amide bonds. The summed E-state index contributed by atoms with van der Waals surface area (Å²) >= 11 is 1.46. The van der Waals surface area contributed by atoms with Crippen molar-refractivity contribution in [2.75, 3.05) is 33.1 Å². The minimum absolute atomic E-state index is 0.177. The molecule has 1 aromatic carbocycles. The number of carbonyl (C=O) groups is 2. The molecule has 0 saturated heterocycles. The third kappa shape index (κ3) is 4.28. The van der Waals surface area contributed by atoms with E-state index in [-0.39, 0.29) is 12.5 Å². The van der Waals surface area contributed by atoms with Crippen molar-refractivity contribution in [2.24, 2.45) is 5.73 Å². The molecule has 0 radical (unpaired) electrons. The van der Waals surface area contributed by atoms with E-state index in [0.717, 1.165) is 35.3 Å². The predicted molar refractivity (Wildman–Crippen MR) is 109 cm³/mol. The number of ether oxygens (including phenoxy) is 2. The molecule has 7 nitrogen and oxygen atoms in total. The molecule has 0 bridgehead atoms. The number of fused-ring (bicyclic) bond motifs is 1. The molecule has 0 spiro atoms. The van der Waals surface area contributed by atoms with E-state index in [1.807, 2.05) is 30.1 Å². The molecule has 1 aliphatic carbocycles. The highest BCUT2D eigenvalue weighted by Crippen LogP contribution is 2.38. The number of hydrogen-bond donors (Lipinski definition) is 2. The number of carbonyl (C=O) groups excluding carboxylic acids is 2. The second kappa shape index (κ2) is 8.62. The Morgan fingerprint density at radius 1 is 1.25 bits per heavy atom. The van der Waals surface area contributed by atoms with E-state index in [4.69, 9.17) is 15.2 Å². The Morgan fingerprint density at radius 3 is 2.71 bits per heavy atom. The Bertz CT molecular complexity index is 894. The number of aryl methyl sites for hydroxylation is 1. The van der Waals surface area contributed by atoms with Gasteiger partial charge < -0.3 is 20.5 Å². The summed E-state index contributed by atoms with van der Waals surface area (Å²) in [5, 5.41) is 3.44. The van der Waals surface area contributed by atoms with Gasteiger partial charge in [0.2, 0.25) is 5.91 Å². The third-order valence-corrected chi connectivity index (χ3v) is 5.98. The van der Waals surface area contributed by atoms with Crippen LogP contribution in [0.1, 0.15) is 32.8 Å². The van der Waals surface area contributed by atoms with Gasteiger partial charge >= 0.3 is 0 Å². The lowest BCUT2D eigenvalue weighted by Gasteiger charge is -2.18. The van der Waals surface area contributed by atoms with E-state index in [1.165, 1.54) is 11.3 Å². The highest BCUT2D eigenvalue weighted by Gasteiger charge is 2.26. The second-order valence-corrected chi connectivity index (χ2v) is 7.93. The number of nitrogens with zero attached hydrogens (tertiary/aromatic N) is 1. The summed E-state index contributed by atoms with van der Waals surface area (Å²) in [4.78, 5) is 27.4. The van der Waals surface area contributed by atoms with Crippen LogP contribution < -0.4 is 20.5 Å². The first-order valence-corrected chi connectivity index (χ1v) is 9.88. The van der Waals surface area contributed by atoms with Gasteiger partial charge in [0.15, 0.2) is 0 Å². The van der Waals surface area contributed by atoms with Gasteiger partial charge in [0, 0.05) is 23.1 Å². The number of methoxy groups -OCH3 is 2. The van der Waals surface area contributed by atoms with Crippen molar-refractivity contribution in [1.29, 1.82) is 0 Å². The number of anilines is 1. The normalized spacial score (nSPS) is 12.7. The van der Waals surface area contributed by atoms with E-state index in [0.29, 0.717) is 28.6 Å². The van der Waals surface area contributed by atoms with E-state index < -0.39 is 5.91 Å². The zero-order valence-corrected chi connectivity index (χ0v) is 17.1. The van der Waals surface area contributed by atoms with Crippen LogP contribution >= 0.6 is 11.3 Å². The molecule has 0 aliphatic heterocycles. The van der Waals surface area contributed by atoms with E-state index in [9.17, 15) is 9.59 Å². The Morgan fingerprint density at radius 2 is 2.04 bits per heavy atom. The molecule has 3 rings (SSSR count). The van der Waals surface area contributed by atoms with Crippen LogP contribution in [-0.4, -0.2) is 44.5 Å². The number of benzene rings is 1. The highest BCUT2D eigenvalue weighted by molar-refractivity contribution is 7.17. The molecule has 3 N–H and O–H groups in total. The van der Waals surface area contributed by atoms with Crippen LogP contribution in [0.15, 0.2) is 18.2 Å². The first-order chi connectivity index (χ1) is 13.4. The van der Waals surface area contributed by atoms with E-state index in [1.54, 1.807) is 14.2 Å². The third-order valence-electron chi connectivity index (χ3n) is 4.77. The summed E-state index contributed by atoms with van der Waals surface area (Å²) in [5.41, 5.74) is 7.98. The van der Waals surface area contributed by atoms with Crippen molar-refractivity contribution in [3.63, 3.8) is 0 Å². The summed E-state index contributed by atoms with van der Waals surface area (Å²) in [5.74, 6) is 0.756. The van der Waals surface area contributed by atoms with Crippen LogP contribution in [0.5, 0.6) is 11.5 Å². The molecule has 0 atom stereocenters. The molecule has 28 heavy (non-hydrogen) atoms. The van der Waals surface area contributed by atoms with Crippen LogP contribution in [0.3, 0.4) is 0 Å². The topological polar surface area (TPSA) is 93.9 Å². The monoisotopic (exact) mass is 403 g/mol. The average molecular weight is 404 g/mol. The lowest BCUT2D eigenvalue weighted by Crippen LogP contribution is -2.30. The van der Waals surface area contributed by atoms with E-state index >= 15 is 0 Å². The zero-order valence-electron chi connectivity index (χ0n) is 16.3. The maximum absolute atomic E-state index is 12.5. The molecule has 0 saturated carbocycles. The largest absolute Gasteiger partial charge is 0.497 e. The molecule has 2 aromatic rings. The van der Waals surface area contributed by atoms with Crippen LogP contribution in [-0.2, 0) is 24.2 Å². The Kier molecular flexibility index (Phi) is 6.21. The van der Waals surface area contributed by atoms with Crippen molar-refractivity contribution in [3.05, 3.63) is 39.8 Å². The van der Waals surface area contributed by atoms with Gasteiger partial charge in [-0.25, -0.2) is 0 Å². The minimum Gasteiger partial charge on any atom is -0.497 e. The fourth-order valence-electron chi connectivity index (χ4n) is 3.49. The standard InChI is InChI=1S/C20H25N3O4S/c1-23(10-12-7-8-13(26-2)9-15(12)27-3)11-17(24)22-20-18(19(21)25)14-5-4-6-16(14)28-20/h7-9H,4-6,10-11H2,1-3H3,(H2,21,25)(H,22,24). The molecule has 8 heteroatoms. The van der Waals surface area contributed by atoms with Crippen molar-refractivity contribution >= 4 is 28.2 Å². The lowest BCUT2D eigenvalue weighted by molar-refractivity contribution is -0.117. The summed E-state index contributed by atoms with van der Waals surface area (Å²) in [6.07, 6.45) is 2.81. The first-order valence-electron chi connectivity index (χ1n) is 9.06. The maximum Gasteiger partial charge on any atom is 0.251 e.